The van der Waals surface area contributed by atoms with Crippen molar-refractivity contribution in [2.24, 2.45) is 0 Å². The number of aryl methyl sites for hydroxylation is 1. The summed E-state index contributed by atoms with van der Waals surface area (Å²) in [5, 5.41) is 1.49. The number of fused-ring (bicyclic) bond motifs is 1. The van der Waals surface area contributed by atoms with Gasteiger partial charge < -0.3 is 9.47 Å². The predicted molar refractivity (Wildman–Crippen MR) is 78.2 cm³/mol. The maximum absolute atomic E-state index is 6.19. The molecule has 0 unspecified atom stereocenters. The third-order valence-electron chi connectivity index (χ3n) is 2.69. The molecule has 2 aromatic heterocycles. The van der Waals surface area contributed by atoms with Crippen molar-refractivity contribution in [3.05, 3.63) is 21.9 Å². The SMILES string of the molecule is CCc1cc2c(Cl)nc(CCOCCOC)nc2s1. The first-order valence-electron chi connectivity index (χ1n) is 6.26. The Morgan fingerprint density at radius 3 is 2.84 bits per heavy atom. The van der Waals surface area contributed by atoms with Crippen molar-refractivity contribution >= 4 is 33.2 Å². The van der Waals surface area contributed by atoms with Crippen LogP contribution in [-0.2, 0) is 22.3 Å². The molecule has 0 saturated heterocycles. The molecular formula is C13H17ClN2O2S. The van der Waals surface area contributed by atoms with Gasteiger partial charge in [0.2, 0.25) is 0 Å². The fraction of sp³-hybridized carbons (Fsp3) is 0.538. The molecule has 6 heteroatoms. The topological polar surface area (TPSA) is 44.2 Å². The van der Waals surface area contributed by atoms with Crippen molar-refractivity contribution in [1.82, 2.24) is 9.97 Å². The maximum Gasteiger partial charge on any atom is 0.141 e. The summed E-state index contributed by atoms with van der Waals surface area (Å²) in [6.45, 7) is 3.89. The minimum Gasteiger partial charge on any atom is -0.382 e. The van der Waals surface area contributed by atoms with Gasteiger partial charge in [-0.2, -0.15) is 0 Å². The molecule has 0 radical (unpaired) electrons. The van der Waals surface area contributed by atoms with Crippen molar-refractivity contribution in [2.45, 2.75) is 19.8 Å². The highest BCUT2D eigenvalue weighted by Crippen LogP contribution is 2.29. The molecule has 19 heavy (non-hydrogen) atoms. The quantitative estimate of drug-likeness (QED) is 0.582. The zero-order valence-electron chi connectivity index (χ0n) is 11.1. The van der Waals surface area contributed by atoms with Gasteiger partial charge in [-0.25, -0.2) is 9.97 Å². The number of ether oxygens (including phenoxy) is 2. The smallest absolute Gasteiger partial charge is 0.141 e. The molecule has 104 valence electrons. The van der Waals surface area contributed by atoms with Gasteiger partial charge in [-0.1, -0.05) is 18.5 Å². The van der Waals surface area contributed by atoms with Crippen molar-refractivity contribution < 1.29 is 9.47 Å². The molecule has 0 atom stereocenters. The first-order chi connectivity index (χ1) is 9.24. The summed E-state index contributed by atoms with van der Waals surface area (Å²) in [6.07, 6.45) is 1.66. The second kappa shape index (κ2) is 7.14. The van der Waals surface area contributed by atoms with Gasteiger partial charge in [-0.3, -0.25) is 0 Å². The van der Waals surface area contributed by atoms with Crippen LogP contribution in [0.3, 0.4) is 0 Å². The lowest BCUT2D eigenvalue weighted by Gasteiger charge is -2.03. The molecule has 2 rings (SSSR count). The van der Waals surface area contributed by atoms with E-state index in [9.17, 15) is 0 Å². The number of rotatable bonds is 7. The molecule has 0 aromatic carbocycles. The highest BCUT2D eigenvalue weighted by molar-refractivity contribution is 7.18. The van der Waals surface area contributed by atoms with Crippen LogP contribution in [0.1, 0.15) is 17.6 Å². The molecule has 4 nitrogen and oxygen atoms in total. The van der Waals surface area contributed by atoms with E-state index < -0.39 is 0 Å². The highest BCUT2D eigenvalue weighted by Gasteiger charge is 2.09. The Balaban J connectivity index is 2.03. The first-order valence-corrected chi connectivity index (χ1v) is 7.45. The number of halogens is 1. The standard InChI is InChI=1S/C13H17ClN2O2S/c1-3-9-8-10-12(14)15-11(16-13(10)19-9)4-5-18-7-6-17-2/h8H,3-7H2,1-2H3. The van der Waals surface area contributed by atoms with Crippen LogP contribution in [-0.4, -0.2) is 36.9 Å². The lowest BCUT2D eigenvalue weighted by molar-refractivity contribution is 0.0716. The number of hydrogen-bond donors (Lipinski definition) is 0. The average molecular weight is 301 g/mol. The Kier molecular flexibility index (Phi) is 5.51. The molecule has 2 heterocycles. The normalized spacial score (nSPS) is 11.3. The van der Waals surface area contributed by atoms with E-state index in [1.165, 1.54) is 4.88 Å². The van der Waals surface area contributed by atoms with Crippen LogP contribution < -0.4 is 0 Å². The Morgan fingerprint density at radius 1 is 1.26 bits per heavy atom. The fourth-order valence-electron chi connectivity index (χ4n) is 1.67. The van der Waals surface area contributed by atoms with Gasteiger partial charge in [0, 0.05) is 23.8 Å². The molecule has 0 bridgehead atoms. The van der Waals surface area contributed by atoms with Crippen LogP contribution in [0.5, 0.6) is 0 Å². The van der Waals surface area contributed by atoms with Crippen molar-refractivity contribution in [3.63, 3.8) is 0 Å². The molecule has 0 fully saturated rings. The Bertz CT molecular complexity index is 545. The lowest BCUT2D eigenvalue weighted by Crippen LogP contribution is -2.07. The van der Waals surface area contributed by atoms with E-state index in [1.54, 1.807) is 18.4 Å². The predicted octanol–water partition coefficient (Wildman–Crippen LogP) is 3.11. The third kappa shape index (κ3) is 3.86. The summed E-state index contributed by atoms with van der Waals surface area (Å²) in [5.41, 5.74) is 0. The minimum atomic E-state index is 0.535. The molecule has 2 aromatic rings. The Labute approximate surface area is 121 Å². The van der Waals surface area contributed by atoms with Gasteiger partial charge in [0.05, 0.1) is 19.8 Å². The monoisotopic (exact) mass is 300 g/mol. The van der Waals surface area contributed by atoms with Crippen LogP contribution in [0.25, 0.3) is 10.2 Å². The summed E-state index contributed by atoms with van der Waals surface area (Å²) in [4.78, 5) is 11.1. The summed E-state index contributed by atoms with van der Waals surface area (Å²) in [5.74, 6) is 0.736. The van der Waals surface area contributed by atoms with Crippen LogP contribution in [0, 0.1) is 0 Å². The van der Waals surface area contributed by atoms with Gasteiger partial charge in [0.1, 0.15) is 15.8 Å². The van der Waals surface area contributed by atoms with Gasteiger partial charge in [-0.05, 0) is 12.5 Å². The fourth-order valence-corrected chi connectivity index (χ4v) is 2.96. The van der Waals surface area contributed by atoms with E-state index in [2.05, 4.69) is 23.0 Å². The molecule has 0 aliphatic heterocycles. The highest BCUT2D eigenvalue weighted by atomic mass is 35.5. The Hall–Kier alpha value is -0.750. The molecule has 0 amide bonds. The van der Waals surface area contributed by atoms with E-state index in [4.69, 9.17) is 21.1 Å². The minimum absolute atomic E-state index is 0.535. The number of nitrogens with zero attached hydrogens (tertiary/aromatic N) is 2. The first kappa shape index (κ1) is 14.7. The van der Waals surface area contributed by atoms with Crippen molar-refractivity contribution in [1.29, 1.82) is 0 Å². The largest absolute Gasteiger partial charge is 0.382 e. The zero-order valence-corrected chi connectivity index (χ0v) is 12.7. The molecule has 0 aliphatic rings. The van der Waals surface area contributed by atoms with Gasteiger partial charge in [0.25, 0.3) is 0 Å². The number of hydrogen-bond acceptors (Lipinski definition) is 5. The van der Waals surface area contributed by atoms with Crippen molar-refractivity contribution in [3.8, 4) is 0 Å². The van der Waals surface area contributed by atoms with Gasteiger partial charge in [-0.15, -0.1) is 11.3 Å². The van der Waals surface area contributed by atoms with Crippen LogP contribution >= 0.6 is 22.9 Å². The third-order valence-corrected chi connectivity index (χ3v) is 4.16. The number of methoxy groups -OCH3 is 1. The van der Waals surface area contributed by atoms with E-state index in [1.807, 2.05) is 0 Å². The average Bonchev–Trinajstić information content (AvgIpc) is 2.82. The Morgan fingerprint density at radius 2 is 2.11 bits per heavy atom. The molecule has 0 spiro atoms. The maximum atomic E-state index is 6.19. The van der Waals surface area contributed by atoms with Gasteiger partial charge >= 0.3 is 0 Å². The van der Waals surface area contributed by atoms with E-state index in [0.29, 0.717) is 31.4 Å². The molecule has 0 aliphatic carbocycles. The summed E-state index contributed by atoms with van der Waals surface area (Å²) >= 11 is 7.87. The van der Waals surface area contributed by atoms with Gasteiger partial charge in [0.15, 0.2) is 0 Å². The summed E-state index contributed by atoms with van der Waals surface area (Å²) < 4.78 is 10.3. The van der Waals surface area contributed by atoms with E-state index >= 15 is 0 Å². The zero-order chi connectivity index (χ0) is 13.7. The van der Waals surface area contributed by atoms with Crippen molar-refractivity contribution in [2.75, 3.05) is 26.9 Å². The number of aromatic nitrogens is 2. The summed E-state index contributed by atoms with van der Waals surface area (Å²) in [7, 11) is 1.66. The second-order valence-corrected chi connectivity index (χ2v) is 5.54. The van der Waals surface area contributed by atoms with Crippen LogP contribution in [0.15, 0.2) is 6.07 Å². The van der Waals surface area contributed by atoms with Crippen LogP contribution in [0.4, 0.5) is 0 Å². The van der Waals surface area contributed by atoms with E-state index in [-0.39, 0.29) is 0 Å². The number of thiophene rings is 1. The lowest BCUT2D eigenvalue weighted by atomic mass is 10.3. The molecular weight excluding hydrogens is 284 g/mol. The summed E-state index contributed by atoms with van der Waals surface area (Å²) in [6, 6.07) is 2.07. The molecule has 0 N–H and O–H groups in total. The van der Waals surface area contributed by atoms with Crippen LogP contribution in [0.2, 0.25) is 5.15 Å². The molecule has 0 saturated carbocycles. The van der Waals surface area contributed by atoms with E-state index in [0.717, 1.165) is 22.5 Å². The second-order valence-electron chi connectivity index (χ2n) is 4.07.